The van der Waals surface area contributed by atoms with E-state index in [1.165, 1.54) is 6.07 Å². The van der Waals surface area contributed by atoms with Gasteiger partial charge in [0.15, 0.2) is 5.78 Å². The second kappa shape index (κ2) is 10.3. The lowest BCUT2D eigenvalue weighted by molar-refractivity contribution is -0.160. The number of carboxylic acids is 1. The number of anilines is 1. The van der Waals surface area contributed by atoms with Gasteiger partial charge >= 0.3 is 18.2 Å². The van der Waals surface area contributed by atoms with E-state index in [0.29, 0.717) is 17.8 Å². The molecule has 2 aromatic carbocycles. The molecule has 182 valence electrons. The van der Waals surface area contributed by atoms with Crippen LogP contribution in [0.3, 0.4) is 0 Å². The van der Waals surface area contributed by atoms with Crippen molar-refractivity contribution in [3.05, 3.63) is 53.6 Å². The van der Waals surface area contributed by atoms with Crippen molar-refractivity contribution in [2.45, 2.75) is 51.6 Å². The monoisotopic (exact) mass is 476 g/mol. The largest absolute Gasteiger partial charge is 0.481 e. The second-order valence-corrected chi connectivity index (χ2v) is 8.66. The summed E-state index contributed by atoms with van der Waals surface area (Å²) in [7, 11) is 0. The van der Waals surface area contributed by atoms with E-state index in [9.17, 15) is 27.6 Å². The fourth-order valence-electron chi connectivity index (χ4n) is 4.35. The fourth-order valence-corrected chi connectivity index (χ4v) is 4.35. The van der Waals surface area contributed by atoms with Crippen LogP contribution in [0.15, 0.2) is 42.5 Å². The van der Waals surface area contributed by atoms with E-state index in [0.717, 1.165) is 24.0 Å². The number of fused-ring (bicyclic) bond motifs is 1. The maximum atomic E-state index is 13.2. The molecule has 2 amide bonds. The number of carbonyl (C=O) groups excluding carboxylic acids is 2. The van der Waals surface area contributed by atoms with Crippen LogP contribution in [-0.4, -0.2) is 35.6 Å². The number of benzene rings is 2. The molecule has 0 fully saturated rings. The number of carboxylic acid groups (broad SMARTS) is 1. The summed E-state index contributed by atoms with van der Waals surface area (Å²) in [6, 6.07) is 11.6. The smallest absolute Gasteiger partial charge is 0.390 e. The predicted octanol–water partition coefficient (Wildman–Crippen LogP) is 5.82. The molecular formula is C25H27F3N2O4. The molecule has 1 aliphatic carbocycles. The van der Waals surface area contributed by atoms with Gasteiger partial charge in [-0.3, -0.25) is 9.59 Å². The number of hydrogen-bond acceptors (Lipinski definition) is 3. The van der Waals surface area contributed by atoms with E-state index in [2.05, 4.69) is 10.6 Å². The molecule has 0 saturated heterocycles. The van der Waals surface area contributed by atoms with Crippen LogP contribution in [0.5, 0.6) is 0 Å². The van der Waals surface area contributed by atoms with E-state index in [4.69, 9.17) is 5.11 Å². The number of hydrogen-bond donors (Lipinski definition) is 3. The molecule has 0 bridgehead atoms. The van der Waals surface area contributed by atoms with Gasteiger partial charge in [-0.2, -0.15) is 13.2 Å². The van der Waals surface area contributed by atoms with Gasteiger partial charge < -0.3 is 15.7 Å². The number of Topliss-reactive ketones (excluding diaryl/α,β-unsaturated/α-hetero) is 1. The Morgan fingerprint density at radius 1 is 1.09 bits per heavy atom. The summed E-state index contributed by atoms with van der Waals surface area (Å²) in [6.45, 7) is 2.62. The Balaban J connectivity index is 1.78. The van der Waals surface area contributed by atoms with Gasteiger partial charge in [-0.05, 0) is 48.1 Å². The SMILES string of the molecule is CCCCNC(=O)Nc1ccc(-c2ccc3c(c2)CCC(CC(=O)O)(CC(F)(F)F)C3=O)cc1. The second-order valence-electron chi connectivity index (χ2n) is 8.66. The molecule has 1 unspecified atom stereocenters. The molecule has 9 heteroatoms. The summed E-state index contributed by atoms with van der Waals surface area (Å²) in [5.74, 6) is -2.20. The first-order chi connectivity index (χ1) is 16.0. The number of nitrogens with one attached hydrogen (secondary N) is 2. The molecule has 0 aromatic heterocycles. The number of alkyl halides is 3. The number of amides is 2. The zero-order valence-corrected chi connectivity index (χ0v) is 18.8. The number of aliphatic carboxylic acids is 1. The topological polar surface area (TPSA) is 95.5 Å². The molecule has 0 heterocycles. The van der Waals surface area contributed by atoms with E-state index in [-0.39, 0.29) is 24.4 Å². The lowest BCUT2D eigenvalue weighted by Crippen LogP contribution is -2.41. The van der Waals surface area contributed by atoms with Crippen LogP contribution in [0, 0.1) is 5.41 Å². The summed E-state index contributed by atoms with van der Waals surface area (Å²) < 4.78 is 39.6. The van der Waals surface area contributed by atoms with Crippen molar-refractivity contribution < 1.29 is 32.7 Å². The summed E-state index contributed by atoms with van der Waals surface area (Å²) in [4.78, 5) is 36.2. The van der Waals surface area contributed by atoms with Crippen LogP contribution in [-0.2, 0) is 11.2 Å². The van der Waals surface area contributed by atoms with Gasteiger partial charge in [-0.25, -0.2) is 4.79 Å². The Morgan fingerprint density at radius 3 is 2.38 bits per heavy atom. The average molecular weight is 476 g/mol. The highest BCUT2D eigenvalue weighted by Crippen LogP contribution is 2.46. The minimum absolute atomic E-state index is 0.141. The van der Waals surface area contributed by atoms with Crippen molar-refractivity contribution in [3.63, 3.8) is 0 Å². The fraction of sp³-hybridized carbons (Fsp3) is 0.400. The molecule has 6 nitrogen and oxygen atoms in total. The molecule has 3 rings (SSSR count). The standard InChI is InChI=1S/C25H27F3N2O4/c1-2-3-12-29-23(34)30-19-7-4-16(5-8-19)17-6-9-20-18(13-17)10-11-24(22(20)33,14-21(31)32)15-25(26,27)28/h4-9,13H,2-3,10-12,14-15H2,1H3,(H,31,32)(H2,29,30,34). The zero-order chi connectivity index (χ0) is 24.9. The number of carbonyl (C=O) groups is 3. The summed E-state index contributed by atoms with van der Waals surface area (Å²) in [5.41, 5.74) is 0.947. The Bertz CT molecular complexity index is 1070. The Kier molecular flexibility index (Phi) is 7.64. The van der Waals surface area contributed by atoms with Crippen molar-refractivity contribution in [2.24, 2.45) is 5.41 Å². The molecule has 3 N–H and O–H groups in total. The molecule has 0 spiro atoms. The van der Waals surface area contributed by atoms with Gasteiger partial charge in [0.1, 0.15) is 0 Å². The van der Waals surface area contributed by atoms with E-state index in [1.54, 1.807) is 36.4 Å². The zero-order valence-electron chi connectivity index (χ0n) is 18.8. The minimum atomic E-state index is -4.65. The third-order valence-corrected chi connectivity index (χ3v) is 6.02. The average Bonchev–Trinajstić information content (AvgIpc) is 2.75. The maximum Gasteiger partial charge on any atom is 0.390 e. The van der Waals surface area contributed by atoms with Crippen molar-refractivity contribution >= 4 is 23.5 Å². The van der Waals surface area contributed by atoms with Gasteiger partial charge in [0, 0.05) is 17.8 Å². The van der Waals surface area contributed by atoms with Gasteiger partial charge in [0.2, 0.25) is 0 Å². The molecule has 1 aliphatic rings. The lowest BCUT2D eigenvalue weighted by atomic mass is 9.66. The van der Waals surface area contributed by atoms with E-state index >= 15 is 0 Å². The van der Waals surface area contributed by atoms with Gasteiger partial charge in [0.05, 0.1) is 18.3 Å². The number of ketones is 1. The Morgan fingerprint density at radius 2 is 1.76 bits per heavy atom. The first kappa shape index (κ1) is 25.3. The molecule has 0 radical (unpaired) electrons. The van der Waals surface area contributed by atoms with Crippen LogP contribution >= 0.6 is 0 Å². The normalized spacial score (nSPS) is 17.7. The van der Waals surface area contributed by atoms with Crippen LogP contribution in [0.4, 0.5) is 23.7 Å². The van der Waals surface area contributed by atoms with Crippen molar-refractivity contribution in [1.29, 1.82) is 0 Å². The van der Waals surface area contributed by atoms with Crippen molar-refractivity contribution in [2.75, 3.05) is 11.9 Å². The highest BCUT2D eigenvalue weighted by molar-refractivity contribution is 6.04. The maximum absolute atomic E-state index is 13.2. The van der Waals surface area contributed by atoms with Crippen LogP contribution in [0.25, 0.3) is 11.1 Å². The first-order valence-corrected chi connectivity index (χ1v) is 11.1. The summed E-state index contributed by atoms with van der Waals surface area (Å²) >= 11 is 0. The van der Waals surface area contributed by atoms with Crippen LogP contribution in [0.1, 0.15) is 54.9 Å². The molecular weight excluding hydrogens is 449 g/mol. The molecule has 34 heavy (non-hydrogen) atoms. The van der Waals surface area contributed by atoms with E-state index in [1.807, 2.05) is 6.92 Å². The number of aryl methyl sites for hydroxylation is 1. The quantitative estimate of drug-likeness (QED) is 0.419. The van der Waals surface area contributed by atoms with Gasteiger partial charge in [-0.1, -0.05) is 43.7 Å². The van der Waals surface area contributed by atoms with Gasteiger partial charge in [0.25, 0.3) is 0 Å². The van der Waals surface area contributed by atoms with Gasteiger partial charge in [-0.15, -0.1) is 0 Å². The molecule has 2 aromatic rings. The number of halogens is 3. The summed E-state index contributed by atoms with van der Waals surface area (Å²) in [6.07, 6.45) is -5.09. The third kappa shape index (κ3) is 6.15. The number of urea groups is 1. The highest BCUT2D eigenvalue weighted by Gasteiger charge is 2.50. The Hall–Kier alpha value is -3.36. The summed E-state index contributed by atoms with van der Waals surface area (Å²) in [5, 5.41) is 14.7. The highest BCUT2D eigenvalue weighted by atomic mass is 19.4. The van der Waals surface area contributed by atoms with Crippen LogP contribution in [0.2, 0.25) is 0 Å². The number of rotatable bonds is 8. The van der Waals surface area contributed by atoms with Crippen molar-refractivity contribution in [3.8, 4) is 11.1 Å². The third-order valence-electron chi connectivity index (χ3n) is 6.02. The lowest BCUT2D eigenvalue weighted by Gasteiger charge is -2.36. The van der Waals surface area contributed by atoms with Crippen LogP contribution < -0.4 is 10.6 Å². The first-order valence-electron chi connectivity index (χ1n) is 11.1. The molecule has 1 atom stereocenters. The van der Waals surface area contributed by atoms with E-state index < -0.39 is 36.2 Å². The molecule has 0 aliphatic heterocycles. The predicted molar refractivity (Wildman–Crippen MR) is 122 cm³/mol. The Labute approximate surface area is 195 Å². The number of unbranched alkanes of at least 4 members (excludes halogenated alkanes) is 1. The van der Waals surface area contributed by atoms with Crippen molar-refractivity contribution in [1.82, 2.24) is 5.32 Å². The molecule has 0 saturated carbocycles. The minimum Gasteiger partial charge on any atom is -0.481 e.